The van der Waals surface area contributed by atoms with Gasteiger partial charge in [0.15, 0.2) is 0 Å². The second-order valence-electron chi connectivity index (χ2n) is 4.26. The third kappa shape index (κ3) is 2.59. The first-order valence-corrected chi connectivity index (χ1v) is 6.45. The van der Waals surface area contributed by atoms with Crippen LogP contribution in [0.1, 0.15) is 23.6 Å². The average molecular weight is 275 g/mol. The fraction of sp³-hybridized carbons (Fsp3) is 0.500. The maximum Gasteiger partial charge on any atom is 0.0492 e. The van der Waals surface area contributed by atoms with E-state index in [9.17, 15) is 0 Å². The van der Waals surface area contributed by atoms with Crippen molar-refractivity contribution in [1.29, 1.82) is 0 Å². The van der Waals surface area contributed by atoms with E-state index in [-0.39, 0.29) is 12.6 Å². The summed E-state index contributed by atoms with van der Waals surface area (Å²) in [4.78, 5) is 2.24. The molecule has 1 aliphatic rings. The van der Waals surface area contributed by atoms with Crippen LogP contribution in [-0.2, 0) is 6.54 Å². The number of hydrogen-bond acceptors (Lipinski definition) is 3. The van der Waals surface area contributed by atoms with E-state index >= 15 is 0 Å². The average Bonchev–Trinajstić information content (AvgIpc) is 2.63. The molecule has 0 spiro atoms. The SMILES string of the molecule is NCC1c2c(Cl)cc(Cl)cc2CN1CCCO. The number of nitrogens with two attached hydrogens (primary N) is 1. The van der Waals surface area contributed by atoms with Crippen LogP contribution in [0.4, 0.5) is 0 Å². The van der Waals surface area contributed by atoms with Gasteiger partial charge in [0.2, 0.25) is 0 Å². The molecule has 0 saturated carbocycles. The smallest absolute Gasteiger partial charge is 0.0492 e. The molecule has 17 heavy (non-hydrogen) atoms. The molecule has 1 aromatic rings. The van der Waals surface area contributed by atoms with Crippen molar-refractivity contribution >= 4 is 23.2 Å². The van der Waals surface area contributed by atoms with Gasteiger partial charge in [0.1, 0.15) is 0 Å². The summed E-state index contributed by atoms with van der Waals surface area (Å²) in [5, 5.41) is 10.2. The van der Waals surface area contributed by atoms with Crippen LogP contribution in [0, 0.1) is 0 Å². The van der Waals surface area contributed by atoms with Crippen molar-refractivity contribution in [2.45, 2.75) is 19.0 Å². The lowest BCUT2D eigenvalue weighted by Gasteiger charge is -2.23. The quantitative estimate of drug-likeness (QED) is 0.885. The number of hydrogen-bond donors (Lipinski definition) is 2. The molecule has 0 saturated heterocycles. The molecule has 94 valence electrons. The molecule has 0 amide bonds. The highest BCUT2D eigenvalue weighted by atomic mass is 35.5. The molecule has 1 heterocycles. The van der Waals surface area contributed by atoms with E-state index in [0.717, 1.165) is 30.6 Å². The van der Waals surface area contributed by atoms with Gasteiger partial charge in [0.05, 0.1) is 0 Å². The Morgan fingerprint density at radius 2 is 2.18 bits per heavy atom. The number of fused-ring (bicyclic) bond motifs is 1. The molecule has 3 N–H and O–H groups in total. The van der Waals surface area contributed by atoms with E-state index in [2.05, 4.69) is 4.90 Å². The Balaban J connectivity index is 2.28. The third-order valence-corrected chi connectivity index (χ3v) is 3.69. The van der Waals surface area contributed by atoms with Crippen LogP contribution in [0.3, 0.4) is 0 Å². The van der Waals surface area contributed by atoms with Crippen LogP contribution < -0.4 is 5.73 Å². The minimum absolute atomic E-state index is 0.140. The summed E-state index contributed by atoms with van der Waals surface area (Å²) in [6, 6.07) is 3.85. The first-order chi connectivity index (χ1) is 8.17. The van der Waals surface area contributed by atoms with Crippen LogP contribution in [0.2, 0.25) is 10.0 Å². The van der Waals surface area contributed by atoms with E-state index < -0.39 is 0 Å². The van der Waals surface area contributed by atoms with E-state index in [1.165, 1.54) is 0 Å². The number of halogens is 2. The number of aliphatic hydroxyl groups is 1. The Morgan fingerprint density at radius 1 is 1.41 bits per heavy atom. The van der Waals surface area contributed by atoms with Crippen LogP contribution in [0.15, 0.2) is 12.1 Å². The molecule has 1 aromatic carbocycles. The monoisotopic (exact) mass is 274 g/mol. The second-order valence-corrected chi connectivity index (χ2v) is 5.10. The lowest BCUT2D eigenvalue weighted by atomic mass is 10.0. The zero-order valence-corrected chi connectivity index (χ0v) is 11.0. The largest absolute Gasteiger partial charge is 0.396 e. The van der Waals surface area contributed by atoms with Crippen molar-refractivity contribution in [3.63, 3.8) is 0 Å². The van der Waals surface area contributed by atoms with Crippen molar-refractivity contribution in [3.05, 3.63) is 33.3 Å². The van der Waals surface area contributed by atoms with Crippen molar-refractivity contribution in [2.75, 3.05) is 19.7 Å². The molecule has 0 aliphatic carbocycles. The highest BCUT2D eigenvalue weighted by Crippen LogP contribution is 2.39. The van der Waals surface area contributed by atoms with Gasteiger partial charge in [-0.2, -0.15) is 0 Å². The van der Waals surface area contributed by atoms with Gasteiger partial charge in [-0.15, -0.1) is 0 Å². The topological polar surface area (TPSA) is 49.5 Å². The van der Waals surface area contributed by atoms with Crippen molar-refractivity contribution in [1.82, 2.24) is 4.90 Å². The van der Waals surface area contributed by atoms with Gasteiger partial charge in [-0.3, -0.25) is 4.90 Å². The lowest BCUT2D eigenvalue weighted by molar-refractivity contribution is 0.190. The van der Waals surface area contributed by atoms with Gasteiger partial charge >= 0.3 is 0 Å². The second kappa shape index (κ2) is 5.55. The summed E-state index contributed by atoms with van der Waals surface area (Å²) in [7, 11) is 0. The Bertz CT molecular complexity index is 412. The molecule has 1 aliphatic heterocycles. The summed E-state index contributed by atoms with van der Waals surface area (Å²) in [5.74, 6) is 0. The molecular formula is C12H16Cl2N2O. The summed E-state index contributed by atoms with van der Waals surface area (Å²) < 4.78 is 0. The Morgan fingerprint density at radius 3 is 2.82 bits per heavy atom. The molecule has 5 heteroatoms. The molecule has 0 radical (unpaired) electrons. The maximum absolute atomic E-state index is 8.90. The number of nitrogens with zero attached hydrogens (tertiary/aromatic N) is 1. The van der Waals surface area contributed by atoms with Gasteiger partial charge in [-0.05, 0) is 29.7 Å². The van der Waals surface area contributed by atoms with Crippen molar-refractivity contribution in [2.24, 2.45) is 5.73 Å². The van der Waals surface area contributed by atoms with Crippen molar-refractivity contribution in [3.8, 4) is 0 Å². The Hall–Kier alpha value is -0.320. The van der Waals surface area contributed by atoms with E-state index in [1.54, 1.807) is 6.07 Å². The predicted octanol–water partition coefficient (Wildman–Crippen LogP) is 2.19. The fourth-order valence-corrected chi connectivity index (χ4v) is 3.09. The normalized spacial score (nSPS) is 19.6. The van der Waals surface area contributed by atoms with Gasteiger partial charge in [-0.1, -0.05) is 23.2 Å². The summed E-state index contributed by atoms with van der Waals surface area (Å²) in [5.41, 5.74) is 8.06. The van der Waals surface area contributed by atoms with Crippen LogP contribution >= 0.6 is 23.2 Å². The van der Waals surface area contributed by atoms with Gasteiger partial charge in [0.25, 0.3) is 0 Å². The number of rotatable bonds is 4. The molecule has 1 atom stereocenters. The highest BCUT2D eigenvalue weighted by Gasteiger charge is 2.30. The van der Waals surface area contributed by atoms with Crippen LogP contribution in [-0.4, -0.2) is 29.7 Å². The molecule has 3 nitrogen and oxygen atoms in total. The standard InChI is InChI=1S/C12H16Cl2N2O/c13-9-4-8-7-16(2-1-3-17)11(6-15)12(8)10(14)5-9/h4-5,11,17H,1-3,6-7,15H2. The van der Waals surface area contributed by atoms with E-state index in [1.807, 2.05) is 6.07 Å². The predicted molar refractivity (Wildman–Crippen MR) is 70.4 cm³/mol. The minimum Gasteiger partial charge on any atom is -0.396 e. The zero-order valence-electron chi connectivity index (χ0n) is 9.50. The van der Waals surface area contributed by atoms with Gasteiger partial charge in [0, 0.05) is 42.3 Å². The first kappa shape index (κ1) is 13.1. The molecular weight excluding hydrogens is 259 g/mol. The van der Waals surface area contributed by atoms with Crippen molar-refractivity contribution < 1.29 is 5.11 Å². The molecule has 0 aromatic heterocycles. The molecule has 1 unspecified atom stereocenters. The first-order valence-electron chi connectivity index (χ1n) is 5.70. The zero-order chi connectivity index (χ0) is 12.4. The highest BCUT2D eigenvalue weighted by molar-refractivity contribution is 6.35. The summed E-state index contributed by atoms with van der Waals surface area (Å²) >= 11 is 12.2. The third-order valence-electron chi connectivity index (χ3n) is 3.15. The molecule has 0 fully saturated rings. The van der Waals surface area contributed by atoms with Gasteiger partial charge in [-0.25, -0.2) is 0 Å². The maximum atomic E-state index is 8.90. The molecule has 0 bridgehead atoms. The summed E-state index contributed by atoms with van der Waals surface area (Å²) in [6.45, 7) is 2.34. The molecule has 2 rings (SSSR count). The lowest BCUT2D eigenvalue weighted by Crippen LogP contribution is -2.29. The van der Waals surface area contributed by atoms with Gasteiger partial charge < -0.3 is 10.8 Å². The van der Waals surface area contributed by atoms with Crippen LogP contribution in [0.5, 0.6) is 0 Å². The fourth-order valence-electron chi connectivity index (χ4n) is 2.43. The summed E-state index contributed by atoms with van der Waals surface area (Å²) in [6.07, 6.45) is 0.746. The minimum atomic E-state index is 0.140. The van der Waals surface area contributed by atoms with E-state index in [4.69, 9.17) is 34.0 Å². The number of benzene rings is 1. The van der Waals surface area contributed by atoms with E-state index in [0.29, 0.717) is 16.6 Å². The Labute approximate surface area is 111 Å². The van der Waals surface area contributed by atoms with Crippen LogP contribution in [0.25, 0.3) is 0 Å². The Kier molecular flexibility index (Phi) is 4.28. The number of aliphatic hydroxyl groups excluding tert-OH is 1.